The van der Waals surface area contributed by atoms with Crippen LogP contribution >= 0.6 is 11.6 Å². The maximum atomic E-state index is 13.4. The molecule has 14 heteroatoms. The van der Waals surface area contributed by atoms with Gasteiger partial charge in [-0.1, -0.05) is 44.0 Å². The average molecular weight is 606 g/mol. The van der Waals surface area contributed by atoms with Crippen molar-refractivity contribution >= 4 is 35.2 Å². The smallest absolute Gasteiger partial charge is 0.255 e. The summed E-state index contributed by atoms with van der Waals surface area (Å²) < 4.78 is 7.49. The van der Waals surface area contributed by atoms with Crippen molar-refractivity contribution in [1.82, 2.24) is 36.3 Å². The Morgan fingerprint density at radius 1 is 1.07 bits per heavy atom. The quantitative estimate of drug-likeness (QED) is 0.339. The van der Waals surface area contributed by atoms with E-state index in [0.29, 0.717) is 36.5 Å². The number of hydrogen-bond acceptors (Lipinski definition) is 8. The van der Waals surface area contributed by atoms with E-state index < -0.39 is 47.9 Å². The lowest BCUT2D eigenvalue weighted by atomic mass is 10.0. The van der Waals surface area contributed by atoms with E-state index in [1.807, 2.05) is 20.8 Å². The molecule has 0 unspecified atom stereocenters. The van der Waals surface area contributed by atoms with Crippen molar-refractivity contribution < 1.29 is 29.0 Å². The standard InChI is InChI=1S/C28H40ClN7O6/c1-5-7-21-26(39)33-24(17(4)37)28(41)30-14-19-15-36(35-34-19)10-6-11-42-23-13-18(29)8-9-20(23)25(38)32-22(12-16(2)3)27(40)31-21/h8-9,13,15-17,21-22,24,37H,5-7,10-12,14H2,1-4H3,(H,30,41)(H,31,40)(H,32,38)(H,33,39)/t17-,21+,22+,24+/m1/s1. The number of rotatable bonds is 5. The van der Waals surface area contributed by atoms with Gasteiger partial charge < -0.3 is 31.1 Å². The van der Waals surface area contributed by atoms with Crippen molar-refractivity contribution in [2.45, 2.75) is 90.7 Å². The molecule has 2 aromatic rings. The number of halogens is 1. The van der Waals surface area contributed by atoms with Gasteiger partial charge in [0.25, 0.3) is 5.91 Å². The van der Waals surface area contributed by atoms with Crippen molar-refractivity contribution in [2.24, 2.45) is 5.92 Å². The molecule has 13 nitrogen and oxygen atoms in total. The van der Waals surface area contributed by atoms with Gasteiger partial charge in [-0.2, -0.15) is 0 Å². The zero-order valence-electron chi connectivity index (χ0n) is 24.4. The number of aryl methyl sites for hydroxylation is 1. The number of nitrogens with zero attached hydrogens (tertiary/aromatic N) is 3. The molecule has 4 amide bonds. The highest BCUT2D eigenvalue weighted by Gasteiger charge is 2.32. The molecule has 0 saturated carbocycles. The number of hydrogen-bond donors (Lipinski definition) is 5. The van der Waals surface area contributed by atoms with Gasteiger partial charge >= 0.3 is 0 Å². The van der Waals surface area contributed by atoms with Crippen molar-refractivity contribution in [3.63, 3.8) is 0 Å². The minimum atomic E-state index is -1.27. The lowest BCUT2D eigenvalue weighted by Gasteiger charge is -2.26. The third kappa shape index (κ3) is 9.41. The van der Waals surface area contributed by atoms with Crippen LogP contribution in [0.3, 0.4) is 0 Å². The summed E-state index contributed by atoms with van der Waals surface area (Å²) in [6, 6.07) is 1.40. The molecule has 2 heterocycles. The molecule has 1 aliphatic heterocycles. The molecule has 230 valence electrons. The van der Waals surface area contributed by atoms with Gasteiger partial charge in [0.05, 0.1) is 31.0 Å². The van der Waals surface area contributed by atoms with Crippen LogP contribution in [0.4, 0.5) is 0 Å². The first-order valence-electron chi connectivity index (χ1n) is 14.2. The van der Waals surface area contributed by atoms with Crippen molar-refractivity contribution in [3.05, 3.63) is 40.7 Å². The maximum absolute atomic E-state index is 13.4. The maximum Gasteiger partial charge on any atom is 0.255 e. The van der Waals surface area contributed by atoms with Gasteiger partial charge in [0, 0.05) is 18.0 Å². The highest BCUT2D eigenvalue weighted by molar-refractivity contribution is 6.30. The molecule has 1 aliphatic rings. The summed E-state index contributed by atoms with van der Waals surface area (Å²) in [4.78, 5) is 53.0. The SMILES string of the molecule is CCC[C@@H]1NC(=O)[C@H](CC(C)C)NC(=O)c2ccc(Cl)cc2OCCCn2cc(nn2)CNC(=O)[C@H]([C@@H](C)O)NC1=O. The van der Waals surface area contributed by atoms with Crippen LogP contribution in [0, 0.1) is 5.92 Å². The lowest BCUT2D eigenvalue weighted by molar-refractivity contribution is -0.134. The number of ether oxygens (including phenoxy) is 1. The highest BCUT2D eigenvalue weighted by Crippen LogP contribution is 2.24. The van der Waals surface area contributed by atoms with Gasteiger partial charge in [-0.3, -0.25) is 23.9 Å². The molecule has 42 heavy (non-hydrogen) atoms. The molecule has 0 saturated heterocycles. The molecule has 1 aromatic carbocycles. The molecule has 5 N–H and O–H groups in total. The fourth-order valence-electron chi connectivity index (χ4n) is 4.46. The van der Waals surface area contributed by atoms with Gasteiger partial charge in [-0.05, 0) is 43.9 Å². The number of carbonyl (C=O) groups is 4. The molecule has 0 fully saturated rings. The number of aliphatic hydroxyl groups is 1. The molecule has 0 aliphatic carbocycles. The Bertz CT molecular complexity index is 1250. The number of nitrogens with one attached hydrogen (secondary N) is 4. The van der Waals surface area contributed by atoms with E-state index in [1.54, 1.807) is 23.0 Å². The third-order valence-electron chi connectivity index (χ3n) is 6.61. The van der Waals surface area contributed by atoms with E-state index in [1.165, 1.54) is 13.0 Å². The molecular weight excluding hydrogens is 566 g/mol. The Kier molecular flexibility index (Phi) is 12.1. The summed E-state index contributed by atoms with van der Waals surface area (Å²) in [5.74, 6) is -2.02. The van der Waals surface area contributed by atoms with Gasteiger partial charge in [0.2, 0.25) is 17.7 Å². The summed E-state index contributed by atoms with van der Waals surface area (Å²) in [6.45, 7) is 7.78. The van der Waals surface area contributed by atoms with Crippen LogP contribution in [0.2, 0.25) is 5.02 Å². The normalized spacial score (nSPS) is 22.0. The van der Waals surface area contributed by atoms with E-state index >= 15 is 0 Å². The minimum Gasteiger partial charge on any atom is -0.493 e. The highest BCUT2D eigenvalue weighted by atomic mass is 35.5. The number of aromatic nitrogens is 3. The Balaban J connectivity index is 1.93. The molecule has 0 radical (unpaired) electrons. The Labute approximate surface area is 250 Å². The predicted molar refractivity (Wildman–Crippen MR) is 155 cm³/mol. The van der Waals surface area contributed by atoms with E-state index in [2.05, 4.69) is 31.6 Å². The summed E-state index contributed by atoms with van der Waals surface area (Å²) >= 11 is 6.18. The lowest BCUT2D eigenvalue weighted by Crippen LogP contribution is -2.59. The van der Waals surface area contributed by atoms with Crippen molar-refractivity contribution in [1.29, 1.82) is 0 Å². The van der Waals surface area contributed by atoms with Crippen LogP contribution in [-0.4, -0.2) is 74.6 Å². The minimum absolute atomic E-state index is 0.0279. The fourth-order valence-corrected chi connectivity index (χ4v) is 4.62. The van der Waals surface area contributed by atoms with Crippen LogP contribution in [0.25, 0.3) is 0 Å². The second kappa shape index (κ2) is 15.5. The molecule has 2 bridgehead atoms. The first kappa shape index (κ1) is 32.8. The van der Waals surface area contributed by atoms with E-state index in [4.69, 9.17) is 16.3 Å². The third-order valence-corrected chi connectivity index (χ3v) is 6.84. The Morgan fingerprint density at radius 2 is 1.81 bits per heavy atom. The van der Waals surface area contributed by atoms with Crippen LogP contribution in [0.1, 0.15) is 69.4 Å². The van der Waals surface area contributed by atoms with Crippen molar-refractivity contribution in [3.8, 4) is 5.75 Å². The first-order valence-corrected chi connectivity index (χ1v) is 14.5. The molecule has 3 rings (SSSR count). The fraction of sp³-hybridized carbons (Fsp3) is 0.571. The number of amides is 4. The molecular formula is C28H40ClN7O6. The van der Waals surface area contributed by atoms with E-state index in [9.17, 15) is 24.3 Å². The molecule has 1 aromatic heterocycles. The van der Waals surface area contributed by atoms with Gasteiger partial charge in [-0.25, -0.2) is 0 Å². The van der Waals surface area contributed by atoms with Gasteiger partial charge in [-0.15, -0.1) is 5.10 Å². The molecule has 4 atom stereocenters. The average Bonchev–Trinajstić information content (AvgIpc) is 3.38. The van der Waals surface area contributed by atoms with Crippen LogP contribution in [0.15, 0.2) is 24.4 Å². The monoisotopic (exact) mass is 605 g/mol. The number of aliphatic hydroxyl groups excluding tert-OH is 1. The largest absolute Gasteiger partial charge is 0.493 e. The van der Waals surface area contributed by atoms with E-state index in [0.717, 1.165) is 0 Å². The summed E-state index contributed by atoms with van der Waals surface area (Å²) in [7, 11) is 0. The topological polar surface area (TPSA) is 177 Å². The molecule has 0 spiro atoms. The van der Waals surface area contributed by atoms with Crippen molar-refractivity contribution in [2.75, 3.05) is 6.61 Å². The van der Waals surface area contributed by atoms with E-state index in [-0.39, 0.29) is 36.8 Å². The second-order valence-corrected chi connectivity index (χ2v) is 11.2. The van der Waals surface area contributed by atoms with Crippen LogP contribution in [0.5, 0.6) is 5.75 Å². The number of fused-ring (bicyclic) bond motifs is 3. The van der Waals surface area contributed by atoms with Gasteiger partial charge in [0.1, 0.15) is 29.6 Å². The number of benzene rings is 1. The first-order chi connectivity index (χ1) is 20.0. The van der Waals surface area contributed by atoms with Crippen LogP contribution < -0.4 is 26.0 Å². The van der Waals surface area contributed by atoms with Gasteiger partial charge in [0.15, 0.2) is 0 Å². The second-order valence-electron chi connectivity index (χ2n) is 10.8. The Hall–Kier alpha value is -3.71. The van der Waals surface area contributed by atoms with Crippen LogP contribution in [-0.2, 0) is 27.5 Å². The summed E-state index contributed by atoms with van der Waals surface area (Å²) in [5.41, 5.74) is 0.689. The number of carbonyl (C=O) groups excluding carboxylic acids is 4. The zero-order chi connectivity index (χ0) is 30.8. The Morgan fingerprint density at radius 3 is 2.50 bits per heavy atom. The predicted octanol–water partition coefficient (Wildman–Crippen LogP) is 1.33. The summed E-state index contributed by atoms with van der Waals surface area (Å²) in [6.07, 6.45) is 2.10. The summed E-state index contributed by atoms with van der Waals surface area (Å²) in [5, 5.41) is 29.5. The zero-order valence-corrected chi connectivity index (χ0v) is 25.1.